The first kappa shape index (κ1) is 20.0. The second kappa shape index (κ2) is 9.45. The summed E-state index contributed by atoms with van der Waals surface area (Å²) < 4.78 is 12.9. The predicted molar refractivity (Wildman–Crippen MR) is 109 cm³/mol. The van der Waals surface area contributed by atoms with Crippen LogP contribution in [0.2, 0.25) is 0 Å². The maximum Gasteiger partial charge on any atom is 0.319 e. The van der Waals surface area contributed by atoms with Gasteiger partial charge in [-0.05, 0) is 54.4 Å². The highest BCUT2D eigenvalue weighted by Gasteiger charge is 2.06. The molecule has 3 rings (SSSR count). The van der Waals surface area contributed by atoms with E-state index in [-0.39, 0.29) is 17.8 Å². The van der Waals surface area contributed by atoms with Crippen LogP contribution in [-0.2, 0) is 13.1 Å². The fourth-order valence-electron chi connectivity index (χ4n) is 2.55. The highest BCUT2D eigenvalue weighted by molar-refractivity contribution is 5.93. The molecular formula is C22H21FN4O2. The molecule has 0 radical (unpaired) electrons. The van der Waals surface area contributed by atoms with Gasteiger partial charge in [-0.2, -0.15) is 0 Å². The average Bonchev–Trinajstić information content (AvgIpc) is 2.73. The average molecular weight is 392 g/mol. The van der Waals surface area contributed by atoms with Gasteiger partial charge in [-0.25, -0.2) is 9.18 Å². The van der Waals surface area contributed by atoms with Gasteiger partial charge in [0.25, 0.3) is 5.91 Å². The van der Waals surface area contributed by atoms with E-state index >= 15 is 0 Å². The summed E-state index contributed by atoms with van der Waals surface area (Å²) in [6, 6.07) is 16.2. The minimum Gasteiger partial charge on any atom is -0.348 e. The number of hydrogen-bond acceptors (Lipinski definition) is 3. The third-order valence-corrected chi connectivity index (χ3v) is 4.20. The molecule has 1 heterocycles. The molecule has 29 heavy (non-hydrogen) atoms. The molecule has 0 aliphatic rings. The van der Waals surface area contributed by atoms with E-state index in [4.69, 9.17) is 0 Å². The van der Waals surface area contributed by atoms with Crippen LogP contribution >= 0.6 is 0 Å². The molecule has 0 unspecified atom stereocenters. The van der Waals surface area contributed by atoms with E-state index in [0.29, 0.717) is 24.3 Å². The highest BCUT2D eigenvalue weighted by atomic mass is 19.1. The maximum absolute atomic E-state index is 12.9. The minimum atomic E-state index is -0.359. The molecule has 6 nitrogen and oxygen atoms in total. The zero-order valence-corrected chi connectivity index (χ0v) is 15.9. The lowest BCUT2D eigenvalue weighted by Gasteiger charge is -2.09. The lowest BCUT2D eigenvalue weighted by atomic mass is 10.2. The minimum absolute atomic E-state index is 0.195. The van der Waals surface area contributed by atoms with Crippen molar-refractivity contribution in [2.24, 2.45) is 0 Å². The summed E-state index contributed by atoms with van der Waals surface area (Å²) in [6.45, 7) is 2.52. The Balaban J connectivity index is 1.45. The van der Waals surface area contributed by atoms with Crippen molar-refractivity contribution in [3.05, 3.63) is 95.1 Å². The van der Waals surface area contributed by atoms with Crippen LogP contribution in [0.3, 0.4) is 0 Å². The number of aryl methyl sites for hydroxylation is 1. The zero-order chi connectivity index (χ0) is 20.6. The van der Waals surface area contributed by atoms with Gasteiger partial charge in [0.05, 0.1) is 5.56 Å². The van der Waals surface area contributed by atoms with Crippen LogP contribution in [-0.4, -0.2) is 16.9 Å². The number of benzene rings is 2. The summed E-state index contributed by atoms with van der Waals surface area (Å²) in [5.74, 6) is -0.509. The number of carbonyl (C=O) groups is 2. The summed E-state index contributed by atoms with van der Waals surface area (Å²) in [5, 5.41) is 8.27. The van der Waals surface area contributed by atoms with Gasteiger partial charge in [0, 0.05) is 30.7 Å². The van der Waals surface area contributed by atoms with E-state index in [1.54, 1.807) is 42.6 Å². The first-order valence-electron chi connectivity index (χ1n) is 9.09. The first-order chi connectivity index (χ1) is 14.0. The monoisotopic (exact) mass is 392 g/mol. The van der Waals surface area contributed by atoms with Crippen molar-refractivity contribution in [3.63, 3.8) is 0 Å². The number of rotatable bonds is 6. The number of hydrogen-bond donors (Lipinski definition) is 3. The Hall–Kier alpha value is -3.74. The van der Waals surface area contributed by atoms with E-state index in [0.717, 1.165) is 16.8 Å². The molecule has 7 heteroatoms. The summed E-state index contributed by atoms with van der Waals surface area (Å²) in [5.41, 5.74) is 3.68. The normalized spacial score (nSPS) is 10.3. The smallest absolute Gasteiger partial charge is 0.319 e. The Bertz CT molecular complexity index is 971. The highest BCUT2D eigenvalue weighted by Crippen LogP contribution is 2.10. The van der Waals surface area contributed by atoms with Crippen molar-refractivity contribution in [1.82, 2.24) is 15.6 Å². The SMILES string of the molecule is Cc1ccc(C(=O)NCc2ccc(NC(=O)NCc3ccc(F)cc3)cc2)cn1. The fraction of sp³-hybridized carbons (Fsp3) is 0.136. The molecule has 0 saturated carbocycles. The predicted octanol–water partition coefficient (Wildman–Crippen LogP) is 3.78. The third-order valence-electron chi connectivity index (χ3n) is 4.20. The lowest BCUT2D eigenvalue weighted by Crippen LogP contribution is -2.28. The van der Waals surface area contributed by atoms with Gasteiger partial charge in [-0.15, -0.1) is 0 Å². The van der Waals surface area contributed by atoms with Gasteiger partial charge in [-0.3, -0.25) is 9.78 Å². The Morgan fingerprint density at radius 3 is 2.10 bits per heavy atom. The van der Waals surface area contributed by atoms with Gasteiger partial charge in [-0.1, -0.05) is 24.3 Å². The fourth-order valence-corrected chi connectivity index (χ4v) is 2.55. The van der Waals surface area contributed by atoms with Gasteiger partial charge < -0.3 is 16.0 Å². The quantitative estimate of drug-likeness (QED) is 0.597. The largest absolute Gasteiger partial charge is 0.348 e. The maximum atomic E-state index is 12.9. The van der Waals surface area contributed by atoms with Crippen molar-refractivity contribution < 1.29 is 14.0 Å². The Morgan fingerprint density at radius 2 is 1.48 bits per heavy atom. The van der Waals surface area contributed by atoms with E-state index in [2.05, 4.69) is 20.9 Å². The van der Waals surface area contributed by atoms with Crippen molar-refractivity contribution in [2.45, 2.75) is 20.0 Å². The molecule has 0 spiro atoms. The summed E-state index contributed by atoms with van der Waals surface area (Å²) in [6.07, 6.45) is 1.54. The van der Waals surface area contributed by atoms with Gasteiger partial charge in [0.1, 0.15) is 5.82 Å². The molecular weight excluding hydrogens is 371 g/mol. The summed E-state index contributed by atoms with van der Waals surface area (Å²) in [4.78, 5) is 28.2. The van der Waals surface area contributed by atoms with Crippen LogP contribution in [0, 0.1) is 12.7 Å². The number of urea groups is 1. The molecule has 0 bridgehead atoms. The van der Waals surface area contributed by atoms with Gasteiger partial charge >= 0.3 is 6.03 Å². The molecule has 0 saturated heterocycles. The molecule has 0 aliphatic carbocycles. The van der Waals surface area contributed by atoms with Crippen LogP contribution in [0.1, 0.15) is 27.2 Å². The van der Waals surface area contributed by atoms with E-state index in [9.17, 15) is 14.0 Å². The van der Waals surface area contributed by atoms with Crippen molar-refractivity contribution in [3.8, 4) is 0 Å². The number of pyridine rings is 1. The number of carbonyl (C=O) groups excluding carboxylic acids is 2. The topological polar surface area (TPSA) is 83.1 Å². The van der Waals surface area contributed by atoms with E-state index < -0.39 is 0 Å². The molecule has 3 aromatic rings. The Kier molecular flexibility index (Phi) is 6.52. The van der Waals surface area contributed by atoms with Crippen LogP contribution < -0.4 is 16.0 Å². The van der Waals surface area contributed by atoms with Crippen molar-refractivity contribution >= 4 is 17.6 Å². The van der Waals surface area contributed by atoms with Crippen LogP contribution in [0.5, 0.6) is 0 Å². The number of nitrogens with zero attached hydrogens (tertiary/aromatic N) is 1. The second-order valence-corrected chi connectivity index (χ2v) is 6.50. The number of anilines is 1. The van der Waals surface area contributed by atoms with Crippen LogP contribution in [0.25, 0.3) is 0 Å². The standard InChI is InChI=1S/C22H21FN4O2/c1-15-2-7-18(14-24-15)21(28)25-12-17-5-10-20(11-6-17)27-22(29)26-13-16-3-8-19(23)9-4-16/h2-11,14H,12-13H2,1H3,(H,25,28)(H2,26,27,29). The zero-order valence-electron chi connectivity index (χ0n) is 15.9. The van der Waals surface area contributed by atoms with Crippen LogP contribution in [0.4, 0.5) is 14.9 Å². The number of amides is 3. The van der Waals surface area contributed by atoms with E-state index in [1.165, 1.54) is 12.1 Å². The molecule has 1 aromatic heterocycles. The number of halogens is 1. The summed E-state index contributed by atoms with van der Waals surface area (Å²) in [7, 11) is 0. The van der Waals surface area contributed by atoms with Gasteiger partial charge in [0.15, 0.2) is 0 Å². The number of aromatic nitrogens is 1. The molecule has 0 aliphatic heterocycles. The molecule has 3 N–H and O–H groups in total. The number of nitrogens with one attached hydrogen (secondary N) is 3. The van der Waals surface area contributed by atoms with Crippen molar-refractivity contribution in [1.29, 1.82) is 0 Å². The second-order valence-electron chi connectivity index (χ2n) is 6.50. The van der Waals surface area contributed by atoms with Crippen molar-refractivity contribution in [2.75, 3.05) is 5.32 Å². The molecule has 2 aromatic carbocycles. The van der Waals surface area contributed by atoms with E-state index in [1.807, 2.05) is 19.1 Å². The summed E-state index contributed by atoms with van der Waals surface area (Å²) >= 11 is 0. The molecule has 148 valence electrons. The van der Waals surface area contributed by atoms with Crippen LogP contribution in [0.15, 0.2) is 66.9 Å². The lowest BCUT2D eigenvalue weighted by molar-refractivity contribution is 0.0950. The van der Waals surface area contributed by atoms with Gasteiger partial charge in [0.2, 0.25) is 0 Å². The molecule has 0 atom stereocenters. The Labute approximate surface area is 168 Å². The third kappa shape index (κ3) is 6.14. The Morgan fingerprint density at radius 1 is 0.862 bits per heavy atom. The molecule has 0 fully saturated rings. The molecule has 3 amide bonds. The first-order valence-corrected chi connectivity index (χ1v) is 9.09.